The first-order valence-electron chi connectivity index (χ1n) is 9.47. The number of amides is 3. The predicted octanol–water partition coefficient (Wildman–Crippen LogP) is 2.69. The van der Waals surface area contributed by atoms with Crippen LogP contribution in [-0.4, -0.2) is 56.2 Å². The Balaban J connectivity index is 1.48. The molecule has 0 spiro atoms. The molecule has 2 N–H and O–H groups in total. The summed E-state index contributed by atoms with van der Waals surface area (Å²) in [7, 11) is 1.56. The molecule has 1 atom stereocenters. The van der Waals surface area contributed by atoms with E-state index in [0.717, 1.165) is 5.69 Å². The molecular weight excluding hydrogens is 375 g/mol. The maximum Gasteiger partial charge on any atom is 0.318 e. The summed E-state index contributed by atoms with van der Waals surface area (Å²) < 4.78 is 18.2. The summed E-state index contributed by atoms with van der Waals surface area (Å²) in [6.45, 7) is 3.97. The van der Waals surface area contributed by atoms with Crippen molar-refractivity contribution < 1.29 is 18.7 Å². The van der Waals surface area contributed by atoms with E-state index < -0.39 is 6.04 Å². The van der Waals surface area contributed by atoms with E-state index in [0.29, 0.717) is 37.6 Å². The number of nitrogens with one attached hydrogen (secondary N) is 2. The quantitative estimate of drug-likeness (QED) is 0.809. The van der Waals surface area contributed by atoms with E-state index in [-0.39, 0.29) is 17.8 Å². The van der Waals surface area contributed by atoms with Crippen molar-refractivity contribution in [3.05, 3.63) is 54.3 Å². The van der Waals surface area contributed by atoms with Gasteiger partial charge >= 0.3 is 6.03 Å². The third-order valence-corrected chi connectivity index (χ3v) is 4.83. The Morgan fingerprint density at radius 3 is 2.41 bits per heavy atom. The molecule has 2 aromatic carbocycles. The third-order valence-electron chi connectivity index (χ3n) is 4.83. The second-order valence-corrected chi connectivity index (χ2v) is 6.84. The Morgan fingerprint density at radius 1 is 1.07 bits per heavy atom. The maximum atomic E-state index is 13.1. The van der Waals surface area contributed by atoms with Gasteiger partial charge in [-0.2, -0.15) is 0 Å². The molecule has 0 aliphatic carbocycles. The highest BCUT2D eigenvalue weighted by atomic mass is 19.1. The second kappa shape index (κ2) is 9.27. The normalized spacial score (nSPS) is 14.9. The minimum absolute atomic E-state index is 0.270. The number of carbonyl (C=O) groups excluding carboxylic acids is 2. The Labute approximate surface area is 169 Å². The molecule has 1 aliphatic heterocycles. The molecule has 1 saturated heterocycles. The first-order valence-corrected chi connectivity index (χ1v) is 9.47. The van der Waals surface area contributed by atoms with Gasteiger partial charge in [0.25, 0.3) is 0 Å². The monoisotopic (exact) mass is 400 g/mol. The molecule has 1 heterocycles. The molecule has 154 valence electrons. The van der Waals surface area contributed by atoms with Gasteiger partial charge in [-0.15, -0.1) is 0 Å². The van der Waals surface area contributed by atoms with Crippen LogP contribution < -0.4 is 20.3 Å². The summed E-state index contributed by atoms with van der Waals surface area (Å²) >= 11 is 0. The number of piperazine rings is 1. The largest absolute Gasteiger partial charge is 0.497 e. The lowest BCUT2D eigenvalue weighted by molar-refractivity contribution is -0.117. The summed E-state index contributed by atoms with van der Waals surface area (Å²) in [5.41, 5.74) is 1.53. The second-order valence-electron chi connectivity index (χ2n) is 6.84. The summed E-state index contributed by atoms with van der Waals surface area (Å²) in [6, 6.07) is 12.4. The number of urea groups is 1. The van der Waals surface area contributed by atoms with Crippen molar-refractivity contribution in [1.29, 1.82) is 0 Å². The van der Waals surface area contributed by atoms with Crippen molar-refractivity contribution in [3.8, 4) is 5.75 Å². The highest BCUT2D eigenvalue weighted by Gasteiger charge is 2.24. The summed E-state index contributed by atoms with van der Waals surface area (Å²) in [4.78, 5) is 28.6. The number of halogens is 1. The molecule has 0 aromatic heterocycles. The fourth-order valence-electron chi connectivity index (χ4n) is 3.11. The zero-order valence-corrected chi connectivity index (χ0v) is 16.5. The number of nitrogens with zero attached hydrogens (tertiary/aromatic N) is 2. The topological polar surface area (TPSA) is 73.9 Å². The van der Waals surface area contributed by atoms with Crippen LogP contribution in [0.3, 0.4) is 0 Å². The Hall–Kier alpha value is -3.29. The van der Waals surface area contributed by atoms with Crippen LogP contribution in [0.2, 0.25) is 0 Å². The molecule has 29 heavy (non-hydrogen) atoms. The first-order chi connectivity index (χ1) is 14.0. The molecule has 8 heteroatoms. The molecule has 1 fully saturated rings. The molecule has 0 radical (unpaired) electrons. The summed E-state index contributed by atoms with van der Waals surface area (Å²) in [6.07, 6.45) is 0. The van der Waals surface area contributed by atoms with Crippen LogP contribution in [0.25, 0.3) is 0 Å². The van der Waals surface area contributed by atoms with E-state index in [1.54, 1.807) is 55.3 Å². The summed E-state index contributed by atoms with van der Waals surface area (Å²) in [5.74, 6) is 0.0584. The smallest absolute Gasteiger partial charge is 0.318 e. The van der Waals surface area contributed by atoms with Crippen LogP contribution in [-0.2, 0) is 4.79 Å². The van der Waals surface area contributed by atoms with E-state index in [2.05, 4.69) is 15.5 Å². The average Bonchev–Trinajstić information content (AvgIpc) is 2.74. The minimum Gasteiger partial charge on any atom is -0.497 e. The molecule has 3 rings (SSSR count). The van der Waals surface area contributed by atoms with Gasteiger partial charge in [0.15, 0.2) is 0 Å². The van der Waals surface area contributed by atoms with Crippen LogP contribution >= 0.6 is 0 Å². The number of rotatable bonds is 5. The molecule has 0 saturated carbocycles. The number of ether oxygens (including phenoxy) is 1. The van der Waals surface area contributed by atoms with Crippen LogP contribution in [0.1, 0.15) is 6.92 Å². The zero-order valence-electron chi connectivity index (χ0n) is 16.5. The van der Waals surface area contributed by atoms with Gasteiger partial charge in [0.1, 0.15) is 17.6 Å². The fourth-order valence-corrected chi connectivity index (χ4v) is 3.11. The minimum atomic E-state index is -0.691. The van der Waals surface area contributed by atoms with Crippen molar-refractivity contribution in [2.45, 2.75) is 13.0 Å². The van der Waals surface area contributed by atoms with Crippen LogP contribution in [0.4, 0.5) is 20.6 Å². The van der Waals surface area contributed by atoms with Crippen LogP contribution in [0.5, 0.6) is 5.75 Å². The van der Waals surface area contributed by atoms with E-state index >= 15 is 0 Å². The highest BCUT2D eigenvalue weighted by molar-refractivity contribution is 5.96. The molecule has 1 aliphatic rings. The Morgan fingerprint density at radius 2 is 1.76 bits per heavy atom. The average molecular weight is 400 g/mol. The SMILES string of the molecule is COc1cccc(NC(=O)[C@H](C)NC(=O)N2CCN(c3ccc(F)cc3)CC2)c1. The lowest BCUT2D eigenvalue weighted by atomic mass is 10.2. The lowest BCUT2D eigenvalue weighted by Crippen LogP contribution is -2.54. The van der Waals surface area contributed by atoms with E-state index in [9.17, 15) is 14.0 Å². The molecule has 7 nitrogen and oxygen atoms in total. The number of hydrogen-bond donors (Lipinski definition) is 2. The number of methoxy groups -OCH3 is 1. The maximum absolute atomic E-state index is 13.1. The fraction of sp³-hybridized carbons (Fsp3) is 0.333. The number of hydrogen-bond acceptors (Lipinski definition) is 4. The molecule has 0 unspecified atom stereocenters. The van der Waals surface area contributed by atoms with Gasteiger partial charge in [-0.1, -0.05) is 6.07 Å². The van der Waals surface area contributed by atoms with Gasteiger partial charge in [-0.25, -0.2) is 9.18 Å². The molecule has 2 aromatic rings. The van der Waals surface area contributed by atoms with Gasteiger partial charge in [-0.05, 0) is 43.3 Å². The van der Waals surface area contributed by atoms with Crippen molar-refractivity contribution in [1.82, 2.24) is 10.2 Å². The lowest BCUT2D eigenvalue weighted by Gasteiger charge is -2.36. The first kappa shape index (κ1) is 20.4. The van der Waals surface area contributed by atoms with Gasteiger partial charge in [0.2, 0.25) is 5.91 Å². The van der Waals surface area contributed by atoms with Crippen molar-refractivity contribution in [2.75, 3.05) is 43.5 Å². The number of benzene rings is 2. The Kier molecular flexibility index (Phi) is 6.54. The molecule has 0 bridgehead atoms. The van der Waals surface area contributed by atoms with Gasteiger partial charge in [0, 0.05) is 43.6 Å². The van der Waals surface area contributed by atoms with Crippen LogP contribution in [0, 0.1) is 5.82 Å². The third kappa shape index (κ3) is 5.37. The van der Waals surface area contributed by atoms with E-state index in [1.165, 1.54) is 12.1 Å². The van der Waals surface area contributed by atoms with Crippen LogP contribution in [0.15, 0.2) is 48.5 Å². The van der Waals surface area contributed by atoms with Gasteiger partial charge < -0.3 is 25.2 Å². The summed E-state index contributed by atoms with van der Waals surface area (Å²) in [5, 5.41) is 5.50. The van der Waals surface area contributed by atoms with E-state index in [1.807, 2.05) is 0 Å². The highest BCUT2D eigenvalue weighted by Crippen LogP contribution is 2.18. The number of anilines is 2. The Bertz CT molecular complexity index is 851. The van der Waals surface area contributed by atoms with Gasteiger partial charge in [-0.3, -0.25) is 4.79 Å². The molecular formula is C21H25FN4O3. The standard InChI is InChI=1S/C21H25FN4O3/c1-15(20(27)24-17-4-3-5-19(14-17)29-2)23-21(28)26-12-10-25(11-13-26)18-8-6-16(22)7-9-18/h3-9,14-15H,10-13H2,1-2H3,(H,23,28)(H,24,27)/t15-/m0/s1. The van der Waals surface area contributed by atoms with Crippen molar-refractivity contribution in [3.63, 3.8) is 0 Å². The van der Waals surface area contributed by atoms with Crippen molar-refractivity contribution in [2.24, 2.45) is 0 Å². The van der Waals surface area contributed by atoms with E-state index in [4.69, 9.17) is 4.74 Å². The number of carbonyl (C=O) groups is 2. The van der Waals surface area contributed by atoms with Gasteiger partial charge in [0.05, 0.1) is 7.11 Å². The zero-order chi connectivity index (χ0) is 20.8. The van der Waals surface area contributed by atoms with Crippen molar-refractivity contribution >= 4 is 23.3 Å². The molecule has 3 amide bonds. The predicted molar refractivity (Wildman–Crippen MR) is 110 cm³/mol.